The minimum atomic E-state index is -0.732. The fraction of sp³-hybridized carbons (Fsp3) is 0.375. The predicted molar refractivity (Wildman–Crippen MR) is 167 cm³/mol. The number of rotatable bonds is 10. The van der Waals surface area contributed by atoms with Crippen molar-refractivity contribution >= 4 is 34.5 Å². The molecule has 3 N–H and O–H groups in total. The Bertz CT molecular complexity index is 1470. The topological polar surface area (TPSA) is 165 Å². The Morgan fingerprint density at radius 2 is 1.36 bits per heavy atom. The zero-order valence-corrected chi connectivity index (χ0v) is 26.5. The fourth-order valence-electron chi connectivity index (χ4n) is 3.62. The lowest BCUT2D eigenvalue weighted by molar-refractivity contribution is -0.146. The van der Waals surface area contributed by atoms with Gasteiger partial charge in [0.15, 0.2) is 5.57 Å². The molecule has 12 nitrogen and oxygen atoms in total. The smallest absolute Gasteiger partial charge is 0.348 e. The van der Waals surface area contributed by atoms with E-state index in [0.29, 0.717) is 23.3 Å². The van der Waals surface area contributed by atoms with Crippen molar-refractivity contribution in [3.63, 3.8) is 0 Å². The predicted octanol–water partition coefficient (Wildman–Crippen LogP) is 4.64. The lowest BCUT2D eigenvalue weighted by atomic mass is 10.1. The number of pyridine rings is 1. The van der Waals surface area contributed by atoms with Crippen molar-refractivity contribution in [2.75, 3.05) is 46.4 Å². The Morgan fingerprint density at radius 3 is 1.86 bits per heavy atom. The molecule has 1 aromatic heterocycles. The first-order valence-electron chi connectivity index (χ1n) is 13.9. The van der Waals surface area contributed by atoms with Crippen LogP contribution in [0.25, 0.3) is 10.9 Å². The third kappa shape index (κ3) is 10.4. The number of fused-ring (bicyclic) bond motifs is 1. The van der Waals surface area contributed by atoms with E-state index in [0.717, 1.165) is 28.8 Å². The first-order valence-corrected chi connectivity index (χ1v) is 13.9. The van der Waals surface area contributed by atoms with E-state index in [1.807, 2.05) is 32.0 Å². The van der Waals surface area contributed by atoms with Crippen LogP contribution in [0.5, 0.6) is 11.5 Å². The number of aryl methyl sites for hydroxylation is 1. The maximum absolute atomic E-state index is 12.2. The number of aromatic amines is 1. The number of nitrogens with two attached hydrogens (primary N) is 1. The van der Waals surface area contributed by atoms with Gasteiger partial charge in [0.25, 0.3) is 0 Å². The second-order valence-corrected chi connectivity index (χ2v) is 8.67. The van der Waals surface area contributed by atoms with Crippen LogP contribution < -0.4 is 20.6 Å². The third-order valence-corrected chi connectivity index (χ3v) is 5.89. The fourth-order valence-corrected chi connectivity index (χ4v) is 3.62. The molecule has 0 saturated heterocycles. The molecule has 3 rings (SSSR count). The molecule has 12 heteroatoms. The largest absolute Gasteiger partial charge is 0.500 e. The summed E-state index contributed by atoms with van der Waals surface area (Å²) in [6.45, 7) is 11.5. The van der Waals surface area contributed by atoms with Crippen LogP contribution in [0.2, 0.25) is 0 Å². The summed E-state index contributed by atoms with van der Waals surface area (Å²) in [5.41, 5.74) is 8.34. The standard InChI is InChI=1S/C14H15NO4.C10H16O5.C8H11NO/c1-4-19-14(17)10-7-15-12-8(2)11(18-3)6-5-9(12)13(10)16;1-4-13-7-8(9(11)14-5-2)10(12)15-6-3;1-6-7(9)4-3-5-8(6)10-2/h5-7H,4H2,1-3H3,(H,15,16);7H,4-6H2,1-3H3;3-5H,9H2,1-2H3. The highest BCUT2D eigenvalue weighted by Gasteiger charge is 2.21. The molecule has 3 aromatic rings. The highest BCUT2D eigenvalue weighted by Crippen LogP contribution is 2.24. The summed E-state index contributed by atoms with van der Waals surface area (Å²) in [5, 5.41) is 0.448. The summed E-state index contributed by atoms with van der Waals surface area (Å²) in [7, 11) is 3.21. The van der Waals surface area contributed by atoms with E-state index in [1.165, 1.54) is 6.20 Å². The summed E-state index contributed by atoms with van der Waals surface area (Å²) in [5.74, 6) is -0.542. The van der Waals surface area contributed by atoms with Gasteiger partial charge >= 0.3 is 17.9 Å². The van der Waals surface area contributed by atoms with E-state index in [9.17, 15) is 19.2 Å². The van der Waals surface area contributed by atoms with Crippen LogP contribution in [0, 0.1) is 13.8 Å². The number of ether oxygens (including phenoxy) is 6. The molecule has 0 unspecified atom stereocenters. The Kier molecular flexibility index (Phi) is 16.2. The number of anilines is 1. The second kappa shape index (κ2) is 19.2. The number of carbonyl (C=O) groups excluding carboxylic acids is 3. The molecule has 240 valence electrons. The molecule has 1 heterocycles. The van der Waals surface area contributed by atoms with Crippen molar-refractivity contribution in [2.24, 2.45) is 0 Å². The van der Waals surface area contributed by atoms with Crippen LogP contribution in [0.1, 0.15) is 49.2 Å². The summed E-state index contributed by atoms with van der Waals surface area (Å²) in [6, 6.07) is 8.98. The van der Waals surface area contributed by atoms with E-state index >= 15 is 0 Å². The number of nitrogens with one attached hydrogen (secondary N) is 1. The molecule has 0 bridgehead atoms. The minimum absolute atomic E-state index is 0.0129. The third-order valence-electron chi connectivity index (χ3n) is 5.89. The molecular formula is C32H42N2O10. The number of H-pyrrole nitrogens is 1. The van der Waals surface area contributed by atoms with Crippen LogP contribution in [0.4, 0.5) is 5.69 Å². The van der Waals surface area contributed by atoms with Gasteiger partial charge < -0.3 is 39.1 Å². The van der Waals surface area contributed by atoms with Crippen molar-refractivity contribution in [3.05, 3.63) is 75.3 Å². The molecule has 2 aromatic carbocycles. The summed E-state index contributed by atoms with van der Waals surface area (Å²) < 4.78 is 29.3. The monoisotopic (exact) mass is 614 g/mol. The van der Waals surface area contributed by atoms with Crippen molar-refractivity contribution in [1.29, 1.82) is 0 Å². The Labute approximate surface area is 257 Å². The maximum atomic E-state index is 12.2. The molecule has 0 saturated carbocycles. The van der Waals surface area contributed by atoms with Crippen LogP contribution in [0.15, 0.2) is 53.2 Å². The SMILES string of the molecule is CCOC(=O)c1c[nH]c2c(C)c(OC)ccc2c1=O.CCOC=C(C(=O)OCC)C(=O)OCC.COc1cccc(N)c1C. The zero-order valence-electron chi connectivity index (χ0n) is 26.5. The summed E-state index contributed by atoms with van der Waals surface area (Å²) >= 11 is 0. The molecule has 0 aliphatic carbocycles. The molecule has 0 aliphatic rings. The van der Waals surface area contributed by atoms with Crippen LogP contribution in [-0.2, 0) is 28.5 Å². The molecule has 0 fully saturated rings. The van der Waals surface area contributed by atoms with E-state index in [1.54, 1.807) is 54.0 Å². The quantitative estimate of drug-likeness (QED) is 0.0621. The van der Waals surface area contributed by atoms with Gasteiger partial charge in [-0.05, 0) is 65.8 Å². The second-order valence-electron chi connectivity index (χ2n) is 8.67. The lowest BCUT2D eigenvalue weighted by Crippen LogP contribution is -2.18. The van der Waals surface area contributed by atoms with Crippen LogP contribution in [-0.4, -0.2) is 63.5 Å². The Hall–Kier alpha value is -5.00. The van der Waals surface area contributed by atoms with Crippen molar-refractivity contribution < 1.29 is 42.8 Å². The van der Waals surface area contributed by atoms with Crippen molar-refractivity contribution in [2.45, 2.75) is 41.5 Å². The number of carbonyl (C=O) groups is 3. The van der Waals surface area contributed by atoms with Crippen molar-refractivity contribution in [3.8, 4) is 11.5 Å². The van der Waals surface area contributed by atoms with Gasteiger partial charge in [0.1, 0.15) is 23.3 Å². The molecule has 0 aliphatic heterocycles. The Morgan fingerprint density at radius 1 is 0.795 bits per heavy atom. The van der Waals surface area contributed by atoms with Gasteiger partial charge in [-0.1, -0.05) is 6.07 Å². The molecule has 0 atom stereocenters. The van der Waals surface area contributed by atoms with Gasteiger partial charge in [-0.3, -0.25) is 4.79 Å². The zero-order chi connectivity index (χ0) is 33.2. The minimum Gasteiger partial charge on any atom is -0.500 e. The lowest BCUT2D eigenvalue weighted by Gasteiger charge is -2.09. The summed E-state index contributed by atoms with van der Waals surface area (Å²) in [4.78, 5) is 49.4. The van der Waals surface area contributed by atoms with E-state index in [2.05, 4.69) is 14.5 Å². The van der Waals surface area contributed by atoms with Crippen LogP contribution in [0.3, 0.4) is 0 Å². The van der Waals surface area contributed by atoms with E-state index < -0.39 is 17.9 Å². The van der Waals surface area contributed by atoms with Gasteiger partial charge in [0, 0.05) is 28.4 Å². The highest BCUT2D eigenvalue weighted by molar-refractivity contribution is 6.13. The normalized spacial score (nSPS) is 9.73. The number of nitrogen functional groups attached to an aromatic ring is 1. The van der Waals surface area contributed by atoms with E-state index in [-0.39, 0.29) is 36.4 Å². The molecule has 44 heavy (non-hydrogen) atoms. The number of hydrogen-bond acceptors (Lipinski definition) is 11. The van der Waals surface area contributed by atoms with Gasteiger partial charge in [-0.2, -0.15) is 0 Å². The van der Waals surface area contributed by atoms with Gasteiger partial charge in [-0.25, -0.2) is 14.4 Å². The highest BCUT2D eigenvalue weighted by atomic mass is 16.6. The average Bonchev–Trinajstić information content (AvgIpc) is 3.00. The van der Waals surface area contributed by atoms with Crippen molar-refractivity contribution in [1.82, 2.24) is 4.98 Å². The summed E-state index contributed by atoms with van der Waals surface area (Å²) in [6.07, 6.45) is 2.45. The molecule has 0 spiro atoms. The van der Waals surface area contributed by atoms with Crippen LogP contribution >= 0.6 is 0 Å². The van der Waals surface area contributed by atoms with Gasteiger partial charge in [0.05, 0.1) is 46.2 Å². The van der Waals surface area contributed by atoms with Gasteiger partial charge in [-0.15, -0.1) is 0 Å². The first-order chi connectivity index (χ1) is 21.0. The average molecular weight is 615 g/mol. The first kappa shape index (κ1) is 37.0. The maximum Gasteiger partial charge on any atom is 0.348 e. The number of benzene rings is 2. The molecular weight excluding hydrogens is 572 g/mol. The Balaban J connectivity index is 0.000000347. The van der Waals surface area contributed by atoms with E-state index in [4.69, 9.17) is 24.7 Å². The molecule has 0 radical (unpaired) electrons. The number of esters is 3. The van der Waals surface area contributed by atoms with Gasteiger partial charge in [0.2, 0.25) is 5.43 Å². The molecule has 0 amide bonds. The number of aromatic nitrogens is 1. The number of hydrogen-bond donors (Lipinski definition) is 2. The number of methoxy groups -OCH3 is 2.